The fourth-order valence-corrected chi connectivity index (χ4v) is 5.06. The number of sulfonamides is 1. The highest BCUT2D eigenvalue weighted by molar-refractivity contribution is 7.89. The average molecular weight is 484 g/mol. The van der Waals surface area contributed by atoms with Gasteiger partial charge < -0.3 is 15.4 Å². The summed E-state index contributed by atoms with van der Waals surface area (Å²) < 4.78 is 32.0. The molecule has 0 radical (unpaired) electrons. The van der Waals surface area contributed by atoms with Gasteiger partial charge in [-0.2, -0.15) is 4.31 Å². The Hall–Kier alpha value is -3.01. The molecule has 2 aromatic rings. The fraction of sp³-hybridized carbons (Fsp3) is 0.360. The van der Waals surface area contributed by atoms with Gasteiger partial charge in [0, 0.05) is 30.8 Å². The van der Waals surface area contributed by atoms with Crippen molar-refractivity contribution in [3.05, 3.63) is 65.7 Å². The van der Waals surface area contributed by atoms with Crippen LogP contribution in [0, 0.1) is 5.92 Å². The van der Waals surface area contributed by atoms with Crippen LogP contribution < -0.4 is 10.6 Å². The van der Waals surface area contributed by atoms with Crippen LogP contribution in [0.2, 0.25) is 0 Å². The van der Waals surface area contributed by atoms with Gasteiger partial charge in [0.15, 0.2) is 0 Å². The fourth-order valence-electron chi connectivity index (χ4n) is 3.65. The molecule has 1 saturated heterocycles. The van der Waals surface area contributed by atoms with Gasteiger partial charge in [0.2, 0.25) is 21.8 Å². The summed E-state index contributed by atoms with van der Waals surface area (Å²) in [5.41, 5.74) is 2.39. The third-order valence-corrected chi connectivity index (χ3v) is 7.81. The van der Waals surface area contributed by atoms with E-state index in [0.29, 0.717) is 26.3 Å². The lowest BCUT2D eigenvalue weighted by molar-refractivity contribution is -0.118. The van der Waals surface area contributed by atoms with Crippen molar-refractivity contribution in [3.8, 4) is 0 Å². The maximum Gasteiger partial charge on any atom is 0.244 e. The molecule has 2 fully saturated rings. The molecule has 0 bridgehead atoms. The number of rotatable bonds is 8. The number of ether oxygens (including phenoxy) is 1. The summed E-state index contributed by atoms with van der Waals surface area (Å²) in [6.45, 7) is 3.37. The minimum atomic E-state index is -3.54. The number of morpholine rings is 1. The van der Waals surface area contributed by atoms with Crippen molar-refractivity contribution in [1.82, 2.24) is 9.62 Å². The van der Waals surface area contributed by atoms with E-state index in [0.717, 1.165) is 29.7 Å². The minimum absolute atomic E-state index is 0.0611. The van der Waals surface area contributed by atoms with Gasteiger partial charge in [-0.15, -0.1) is 0 Å². The summed E-state index contributed by atoms with van der Waals surface area (Å²) >= 11 is 0. The Morgan fingerprint density at radius 2 is 1.68 bits per heavy atom. The summed E-state index contributed by atoms with van der Waals surface area (Å²) in [4.78, 5) is 24.4. The Kier molecular flexibility index (Phi) is 7.45. The number of nitrogens with one attached hydrogen (secondary N) is 2. The standard InChI is InChI=1S/C25H29N3O5S/c1-18(20-7-9-22(10-8-20)27-25(30)21-5-6-21)26-24(29)13-4-19-2-11-23(12-3-19)34(31,32)28-14-16-33-17-15-28/h2-4,7-13,18,21H,5-6,14-17H2,1H3,(H,26,29)(H,27,30)/b13-4+. The molecule has 180 valence electrons. The molecule has 4 rings (SSSR count). The summed E-state index contributed by atoms with van der Waals surface area (Å²) in [7, 11) is -3.54. The molecule has 1 heterocycles. The largest absolute Gasteiger partial charge is 0.379 e. The Morgan fingerprint density at radius 1 is 1.03 bits per heavy atom. The zero-order chi connectivity index (χ0) is 24.1. The van der Waals surface area contributed by atoms with Crippen LogP contribution in [-0.2, 0) is 24.3 Å². The molecule has 1 atom stereocenters. The maximum absolute atomic E-state index is 12.7. The van der Waals surface area contributed by atoms with Crippen LogP contribution in [-0.4, -0.2) is 50.8 Å². The van der Waals surface area contributed by atoms with Crippen LogP contribution in [0.15, 0.2) is 59.5 Å². The number of hydrogen-bond donors (Lipinski definition) is 2. The maximum atomic E-state index is 12.7. The van der Waals surface area contributed by atoms with Gasteiger partial charge in [-0.25, -0.2) is 8.42 Å². The molecule has 1 aliphatic heterocycles. The summed E-state index contributed by atoms with van der Waals surface area (Å²) in [5, 5.41) is 5.80. The Morgan fingerprint density at radius 3 is 2.29 bits per heavy atom. The van der Waals surface area contributed by atoms with E-state index in [1.54, 1.807) is 30.3 Å². The molecule has 1 aliphatic carbocycles. The highest BCUT2D eigenvalue weighted by Gasteiger charge is 2.29. The van der Waals surface area contributed by atoms with Crippen molar-refractivity contribution in [2.45, 2.75) is 30.7 Å². The Balaban J connectivity index is 1.30. The summed E-state index contributed by atoms with van der Waals surface area (Å²) in [6, 6.07) is 13.7. The van der Waals surface area contributed by atoms with Gasteiger partial charge >= 0.3 is 0 Å². The first-order chi connectivity index (χ1) is 16.3. The van der Waals surface area contributed by atoms with Gasteiger partial charge in [0.25, 0.3) is 0 Å². The normalized spacial score (nSPS) is 17.9. The first-order valence-electron chi connectivity index (χ1n) is 11.4. The molecule has 0 aromatic heterocycles. The van der Waals surface area contributed by atoms with E-state index < -0.39 is 10.0 Å². The van der Waals surface area contributed by atoms with Crippen molar-refractivity contribution < 1.29 is 22.7 Å². The second-order valence-corrected chi connectivity index (χ2v) is 10.5. The topological polar surface area (TPSA) is 105 Å². The van der Waals surface area contributed by atoms with E-state index in [4.69, 9.17) is 4.74 Å². The van der Waals surface area contributed by atoms with Crippen molar-refractivity contribution in [2.75, 3.05) is 31.6 Å². The van der Waals surface area contributed by atoms with E-state index in [1.165, 1.54) is 10.4 Å². The molecule has 9 heteroatoms. The first-order valence-corrected chi connectivity index (χ1v) is 12.8. The van der Waals surface area contributed by atoms with Gasteiger partial charge in [0.05, 0.1) is 24.2 Å². The highest BCUT2D eigenvalue weighted by atomic mass is 32.2. The molecular weight excluding hydrogens is 454 g/mol. The second kappa shape index (κ2) is 10.5. The predicted octanol–water partition coefficient (Wildman–Crippen LogP) is 2.95. The third-order valence-electron chi connectivity index (χ3n) is 5.90. The number of anilines is 1. The average Bonchev–Trinajstić information content (AvgIpc) is 3.70. The predicted molar refractivity (Wildman–Crippen MR) is 129 cm³/mol. The van der Waals surface area contributed by atoms with Gasteiger partial charge in [-0.1, -0.05) is 24.3 Å². The Labute approximate surface area is 200 Å². The van der Waals surface area contributed by atoms with Crippen molar-refractivity contribution in [2.24, 2.45) is 5.92 Å². The van der Waals surface area contributed by atoms with E-state index >= 15 is 0 Å². The molecule has 0 spiro atoms. The van der Waals surface area contributed by atoms with E-state index in [-0.39, 0.29) is 28.7 Å². The Bertz CT molecular complexity index is 1150. The number of carbonyl (C=O) groups excluding carboxylic acids is 2. The second-order valence-electron chi connectivity index (χ2n) is 8.53. The highest BCUT2D eigenvalue weighted by Crippen LogP contribution is 2.30. The molecule has 34 heavy (non-hydrogen) atoms. The third kappa shape index (κ3) is 6.11. The zero-order valence-corrected chi connectivity index (χ0v) is 19.9. The number of nitrogens with zero attached hydrogens (tertiary/aromatic N) is 1. The van der Waals surface area contributed by atoms with Crippen molar-refractivity contribution >= 4 is 33.6 Å². The molecular formula is C25H29N3O5S. The lowest BCUT2D eigenvalue weighted by Gasteiger charge is -2.26. The van der Waals surface area contributed by atoms with Crippen LogP contribution in [0.4, 0.5) is 5.69 Å². The molecule has 2 amide bonds. The number of benzene rings is 2. The van der Waals surface area contributed by atoms with Crippen LogP contribution in [0.5, 0.6) is 0 Å². The van der Waals surface area contributed by atoms with Crippen LogP contribution >= 0.6 is 0 Å². The number of hydrogen-bond acceptors (Lipinski definition) is 5. The molecule has 1 saturated carbocycles. The summed E-state index contributed by atoms with van der Waals surface area (Å²) in [6.07, 6.45) is 4.98. The molecule has 2 N–H and O–H groups in total. The lowest BCUT2D eigenvalue weighted by Crippen LogP contribution is -2.40. The van der Waals surface area contributed by atoms with Crippen LogP contribution in [0.3, 0.4) is 0 Å². The molecule has 8 nitrogen and oxygen atoms in total. The van der Waals surface area contributed by atoms with Crippen LogP contribution in [0.25, 0.3) is 6.08 Å². The zero-order valence-electron chi connectivity index (χ0n) is 19.1. The molecule has 2 aliphatic rings. The quantitative estimate of drug-likeness (QED) is 0.562. The van der Waals surface area contributed by atoms with Gasteiger partial charge in [-0.3, -0.25) is 9.59 Å². The van der Waals surface area contributed by atoms with Crippen LogP contribution in [0.1, 0.15) is 36.9 Å². The first kappa shape index (κ1) is 24.1. The van der Waals surface area contributed by atoms with Crippen molar-refractivity contribution in [3.63, 3.8) is 0 Å². The van der Waals surface area contributed by atoms with E-state index in [9.17, 15) is 18.0 Å². The SMILES string of the molecule is CC(NC(=O)/C=C/c1ccc(S(=O)(=O)N2CCOCC2)cc1)c1ccc(NC(=O)C2CC2)cc1. The lowest BCUT2D eigenvalue weighted by atomic mass is 10.1. The van der Waals surface area contributed by atoms with Gasteiger partial charge in [-0.05, 0) is 61.2 Å². The molecule has 1 unspecified atom stereocenters. The van der Waals surface area contributed by atoms with E-state index in [2.05, 4.69) is 10.6 Å². The smallest absolute Gasteiger partial charge is 0.244 e. The van der Waals surface area contributed by atoms with Crippen molar-refractivity contribution in [1.29, 1.82) is 0 Å². The summed E-state index contributed by atoms with van der Waals surface area (Å²) in [5.74, 6) is -0.0513. The minimum Gasteiger partial charge on any atom is -0.379 e. The number of amides is 2. The van der Waals surface area contributed by atoms with E-state index in [1.807, 2.05) is 31.2 Å². The van der Waals surface area contributed by atoms with Gasteiger partial charge in [0.1, 0.15) is 0 Å². The monoisotopic (exact) mass is 483 g/mol. The molecule has 2 aromatic carbocycles. The number of carbonyl (C=O) groups is 2.